The van der Waals surface area contributed by atoms with E-state index >= 15 is 0 Å². The first kappa shape index (κ1) is 36.5. The third kappa shape index (κ3) is 6.06. The quantitative estimate of drug-likeness (QED) is 0.0434. The monoisotopic (exact) mass is 691 g/mol. The molecule has 1 unspecified atom stereocenters. The number of piperazine rings is 1. The van der Waals surface area contributed by atoms with E-state index in [2.05, 4.69) is 10.6 Å². The minimum atomic E-state index is -2.26. The van der Waals surface area contributed by atoms with Crippen LogP contribution in [0.5, 0.6) is 11.5 Å². The van der Waals surface area contributed by atoms with E-state index in [-0.39, 0.29) is 66.7 Å². The molecule has 4 N–H and O–H groups in total. The molecule has 3 aliphatic rings. The van der Waals surface area contributed by atoms with Crippen LogP contribution in [0.1, 0.15) is 29.8 Å². The maximum atomic E-state index is 14.2. The van der Waals surface area contributed by atoms with Gasteiger partial charge in [0.15, 0.2) is 11.5 Å². The summed E-state index contributed by atoms with van der Waals surface area (Å²) in [7, 11) is 0. The summed E-state index contributed by atoms with van der Waals surface area (Å²) in [6.45, 7) is 2.74. The number of rotatable bonds is 11. The zero-order valence-electron chi connectivity index (χ0n) is 26.1. The molecule has 0 spiro atoms. The number of amides is 5. The number of aromatic hydroxyl groups is 2. The largest absolute Gasteiger partial charge is 1.00 e. The molecule has 3 heterocycles. The number of fused-ring (bicyclic) bond motifs is 1. The number of phenols is 2. The molecule has 0 radical (unpaired) electrons. The fraction of sp³-hybridized carbons (Fsp3) is 0.367. The third-order valence-electron chi connectivity index (χ3n) is 8.42. The standard InChI is InChI=1S/C30H31N5O11S.Na/c1-3-33-11-12-34(24(41)23(33)40)30(31-15-36,17-7-5-4-6-8-17)28(45)32-20-22(39)35-21(26(42)43)29(2,47-25(20)35)14-46-27(44)16-9-10-18(37)19(38)13-16;/h4-10,13,15,20-21,25,37-38H,3,11-12,14H2,1-2H3,(H,31,36)(H,32,45)(H,42,43);/q;+1/p-1/t20-,21?,25+,29+,30-;/m1./s1. The van der Waals surface area contributed by atoms with Crippen molar-refractivity contribution in [1.29, 1.82) is 0 Å². The van der Waals surface area contributed by atoms with Gasteiger partial charge in [0.2, 0.25) is 18.0 Å². The van der Waals surface area contributed by atoms with Crippen molar-refractivity contribution in [3.63, 3.8) is 0 Å². The van der Waals surface area contributed by atoms with Gasteiger partial charge < -0.3 is 45.3 Å². The molecule has 2 aromatic carbocycles. The topological polar surface area (TPSA) is 226 Å². The molecule has 248 valence electrons. The summed E-state index contributed by atoms with van der Waals surface area (Å²) in [5.41, 5.74) is -2.28. The number of esters is 1. The van der Waals surface area contributed by atoms with Crippen molar-refractivity contribution < 1.29 is 83.2 Å². The molecule has 0 aliphatic carbocycles. The first-order chi connectivity index (χ1) is 22.3. The molecule has 0 saturated carbocycles. The van der Waals surface area contributed by atoms with Crippen LogP contribution in [0.4, 0.5) is 0 Å². The Labute approximate surface area is 300 Å². The van der Waals surface area contributed by atoms with Crippen LogP contribution in [0.25, 0.3) is 0 Å². The molecule has 5 atom stereocenters. The molecule has 2 aromatic rings. The van der Waals surface area contributed by atoms with Gasteiger partial charge in [0, 0.05) is 25.2 Å². The first-order valence-electron chi connectivity index (χ1n) is 14.4. The fourth-order valence-corrected chi connectivity index (χ4v) is 7.69. The van der Waals surface area contributed by atoms with Gasteiger partial charge in [-0.2, -0.15) is 0 Å². The van der Waals surface area contributed by atoms with Gasteiger partial charge in [0.1, 0.15) is 18.0 Å². The average Bonchev–Trinajstić information content (AvgIpc) is 3.34. The maximum Gasteiger partial charge on any atom is 1.00 e. The summed E-state index contributed by atoms with van der Waals surface area (Å²) >= 11 is 0.927. The van der Waals surface area contributed by atoms with E-state index < -0.39 is 81.5 Å². The van der Waals surface area contributed by atoms with E-state index in [4.69, 9.17) is 4.74 Å². The van der Waals surface area contributed by atoms with Crippen LogP contribution in [-0.2, 0) is 39.2 Å². The zero-order chi connectivity index (χ0) is 34.3. The number of ether oxygens (including phenoxy) is 1. The van der Waals surface area contributed by atoms with Crippen LogP contribution < -0.4 is 45.3 Å². The summed E-state index contributed by atoms with van der Waals surface area (Å²) in [6.07, 6.45) is 0.196. The Morgan fingerprint density at radius 2 is 1.77 bits per heavy atom. The molecule has 18 heteroatoms. The van der Waals surface area contributed by atoms with E-state index in [1.807, 2.05) is 0 Å². The van der Waals surface area contributed by atoms with Crippen molar-refractivity contribution in [2.45, 2.75) is 41.7 Å². The molecule has 48 heavy (non-hydrogen) atoms. The SMILES string of the molecule is CCN1CCN([C@@](NC=O)(C(=O)N[C@@H]2C(=O)N3C(C(=O)[O-])[C@](C)(COC(=O)c4ccc(O)c(O)c4)S[C@@H]23)c2ccccc2)C(=O)C1=O.[Na+]. The number of carbonyl (C=O) groups is 7. The Bertz CT molecular complexity index is 1660. The number of aliphatic carboxylic acids is 1. The van der Waals surface area contributed by atoms with E-state index in [9.17, 15) is 48.9 Å². The molecular weight excluding hydrogens is 661 g/mol. The summed E-state index contributed by atoms with van der Waals surface area (Å²) < 4.78 is 3.86. The number of thioether (sulfide) groups is 1. The number of carbonyl (C=O) groups excluding carboxylic acids is 7. The number of carboxylic acids is 1. The van der Waals surface area contributed by atoms with Gasteiger partial charge in [-0.1, -0.05) is 30.3 Å². The molecule has 3 aliphatic heterocycles. The number of hydrogen-bond donors (Lipinski definition) is 4. The molecule has 3 fully saturated rings. The number of likely N-dealkylation sites (N-methyl/N-ethyl adjacent to an activating group) is 1. The van der Waals surface area contributed by atoms with Gasteiger partial charge in [-0.05, 0) is 32.0 Å². The van der Waals surface area contributed by atoms with Crippen molar-refractivity contribution in [3.05, 3.63) is 59.7 Å². The predicted molar refractivity (Wildman–Crippen MR) is 159 cm³/mol. The second-order valence-electron chi connectivity index (χ2n) is 11.2. The Morgan fingerprint density at radius 3 is 2.38 bits per heavy atom. The molecule has 16 nitrogen and oxygen atoms in total. The minimum absolute atomic E-state index is 0. The van der Waals surface area contributed by atoms with Crippen LogP contribution in [0.3, 0.4) is 0 Å². The van der Waals surface area contributed by atoms with Gasteiger partial charge >= 0.3 is 47.3 Å². The van der Waals surface area contributed by atoms with Crippen LogP contribution >= 0.6 is 11.8 Å². The molecule has 5 amide bonds. The number of hydrogen-bond acceptors (Lipinski definition) is 12. The van der Waals surface area contributed by atoms with Crippen LogP contribution in [0.15, 0.2) is 48.5 Å². The van der Waals surface area contributed by atoms with Gasteiger partial charge in [-0.25, -0.2) is 4.79 Å². The Kier molecular flexibility index (Phi) is 10.7. The summed E-state index contributed by atoms with van der Waals surface area (Å²) in [6, 6.07) is 7.95. The Morgan fingerprint density at radius 1 is 1.08 bits per heavy atom. The normalized spacial score (nSPS) is 24.4. The van der Waals surface area contributed by atoms with Crippen LogP contribution in [0.2, 0.25) is 0 Å². The fourth-order valence-electron chi connectivity index (χ4n) is 6.01. The number of β-lactam (4-membered cyclic amide) rings is 1. The van der Waals surface area contributed by atoms with E-state index in [0.29, 0.717) is 0 Å². The number of phenolic OH excluding ortho intramolecular Hbond substituents is 2. The number of benzene rings is 2. The smallest absolute Gasteiger partial charge is 0.548 e. The van der Waals surface area contributed by atoms with Crippen molar-refractivity contribution in [3.8, 4) is 11.5 Å². The van der Waals surface area contributed by atoms with Gasteiger partial charge in [0.05, 0.1) is 22.3 Å². The van der Waals surface area contributed by atoms with E-state index in [0.717, 1.165) is 33.7 Å². The minimum Gasteiger partial charge on any atom is -0.548 e. The van der Waals surface area contributed by atoms with Crippen LogP contribution in [-0.4, -0.2) is 115 Å². The molecule has 5 rings (SSSR count). The van der Waals surface area contributed by atoms with Gasteiger partial charge in [-0.3, -0.25) is 28.9 Å². The molecular formula is C30H30N5NaO11S. The van der Waals surface area contributed by atoms with Crippen LogP contribution in [0, 0.1) is 0 Å². The van der Waals surface area contributed by atoms with Crippen molar-refractivity contribution in [1.82, 2.24) is 25.3 Å². The second kappa shape index (κ2) is 14.0. The Hall–Kier alpha value is -4.32. The maximum absolute atomic E-state index is 14.2. The van der Waals surface area contributed by atoms with Crippen molar-refractivity contribution in [2.75, 3.05) is 26.2 Å². The number of nitrogens with zero attached hydrogens (tertiary/aromatic N) is 3. The van der Waals surface area contributed by atoms with Gasteiger partial charge in [-0.15, -0.1) is 11.8 Å². The first-order valence-corrected chi connectivity index (χ1v) is 15.3. The predicted octanol–water partition coefficient (Wildman–Crippen LogP) is -5.17. The van der Waals surface area contributed by atoms with E-state index in [1.165, 1.54) is 30.0 Å². The molecule has 0 bridgehead atoms. The Balaban J connectivity index is 0.00000520. The zero-order valence-corrected chi connectivity index (χ0v) is 28.9. The number of carboxylic acid groups (broad SMARTS) is 1. The third-order valence-corrected chi connectivity index (χ3v) is 10.0. The van der Waals surface area contributed by atoms with Crippen molar-refractivity contribution in [2.24, 2.45) is 0 Å². The molecule has 3 saturated heterocycles. The summed E-state index contributed by atoms with van der Waals surface area (Å²) in [4.78, 5) is 94.0. The van der Waals surface area contributed by atoms with Crippen molar-refractivity contribution >= 4 is 53.7 Å². The number of nitrogens with one attached hydrogen (secondary N) is 2. The van der Waals surface area contributed by atoms with Gasteiger partial charge in [0.25, 0.3) is 5.91 Å². The van der Waals surface area contributed by atoms with E-state index in [1.54, 1.807) is 25.1 Å². The summed E-state index contributed by atoms with van der Waals surface area (Å²) in [5, 5.41) is 35.5. The second-order valence-corrected chi connectivity index (χ2v) is 12.9. The summed E-state index contributed by atoms with van der Waals surface area (Å²) in [5.74, 6) is -7.41. The average molecular weight is 692 g/mol. The molecule has 0 aromatic heterocycles.